The molecule has 1 saturated heterocycles. The van der Waals surface area contributed by atoms with E-state index in [0.29, 0.717) is 0 Å². The minimum Gasteiger partial charge on any atom is -0.338 e. The van der Waals surface area contributed by atoms with E-state index >= 15 is 0 Å². The monoisotopic (exact) mass is 263 g/mol. The summed E-state index contributed by atoms with van der Waals surface area (Å²) in [4.78, 5) is 13.7. The van der Waals surface area contributed by atoms with Crippen LogP contribution in [0.15, 0.2) is 12.3 Å². The average Bonchev–Trinajstić information content (AvgIpc) is 2.37. The van der Waals surface area contributed by atoms with Crippen LogP contribution in [0.3, 0.4) is 0 Å². The van der Waals surface area contributed by atoms with Crippen molar-refractivity contribution in [2.24, 2.45) is 0 Å². The van der Waals surface area contributed by atoms with Crippen molar-refractivity contribution in [3.8, 4) is 0 Å². The van der Waals surface area contributed by atoms with Gasteiger partial charge < -0.3 is 15.1 Å². The third kappa shape index (κ3) is 4.44. The minimum atomic E-state index is 0.110. The standard InChI is InChI=1S/C14H25N5/c1-14(2,3)16-11-12-5-6-15-13(17-12)19-9-7-18(4)8-10-19/h5-6,16H,7-11H2,1-4H3. The molecule has 0 aliphatic carbocycles. The Labute approximate surface area is 116 Å². The van der Waals surface area contributed by atoms with Gasteiger partial charge in [0, 0.05) is 44.5 Å². The topological polar surface area (TPSA) is 44.3 Å². The molecule has 2 heterocycles. The number of anilines is 1. The molecule has 1 aromatic rings. The van der Waals surface area contributed by atoms with E-state index in [0.717, 1.165) is 44.4 Å². The third-order valence-electron chi connectivity index (χ3n) is 3.29. The summed E-state index contributed by atoms with van der Waals surface area (Å²) in [6.07, 6.45) is 1.86. The number of nitrogens with one attached hydrogen (secondary N) is 1. The zero-order valence-electron chi connectivity index (χ0n) is 12.5. The van der Waals surface area contributed by atoms with E-state index in [1.54, 1.807) is 0 Å². The van der Waals surface area contributed by atoms with Crippen LogP contribution in [0.1, 0.15) is 26.5 Å². The molecule has 19 heavy (non-hydrogen) atoms. The Morgan fingerprint density at radius 2 is 1.89 bits per heavy atom. The summed E-state index contributed by atoms with van der Waals surface area (Å²) in [7, 11) is 2.15. The second-order valence-electron chi connectivity index (χ2n) is 6.24. The van der Waals surface area contributed by atoms with E-state index in [9.17, 15) is 0 Å². The summed E-state index contributed by atoms with van der Waals surface area (Å²) in [5, 5.41) is 3.46. The first kappa shape index (κ1) is 14.2. The molecule has 2 rings (SSSR count). The maximum atomic E-state index is 4.66. The molecule has 0 unspecified atom stereocenters. The van der Waals surface area contributed by atoms with Crippen LogP contribution in [0.25, 0.3) is 0 Å². The average molecular weight is 263 g/mol. The summed E-state index contributed by atoms with van der Waals surface area (Å²) < 4.78 is 0. The number of likely N-dealkylation sites (N-methyl/N-ethyl adjacent to an activating group) is 1. The first-order valence-corrected chi connectivity index (χ1v) is 6.94. The van der Waals surface area contributed by atoms with Crippen LogP contribution >= 0.6 is 0 Å². The summed E-state index contributed by atoms with van der Waals surface area (Å²) in [6.45, 7) is 11.4. The number of hydrogen-bond acceptors (Lipinski definition) is 5. The fraction of sp³-hybridized carbons (Fsp3) is 0.714. The molecule has 1 aliphatic rings. The first-order chi connectivity index (χ1) is 8.94. The van der Waals surface area contributed by atoms with Gasteiger partial charge >= 0.3 is 0 Å². The van der Waals surface area contributed by atoms with Crippen molar-refractivity contribution in [2.75, 3.05) is 38.1 Å². The van der Waals surface area contributed by atoms with Crippen molar-refractivity contribution in [1.29, 1.82) is 0 Å². The van der Waals surface area contributed by atoms with Crippen molar-refractivity contribution < 1.29 is 0 Å². The molecule has 0 radical (unpaired) electrons. The number of hydrogen-bond donors (Lipinski definition) is 1. The number of nitrogens with zero attached hydrogens (tertiary/aromatic N) is 4. The van der Waals surface area contributed by atoms with Gasteiger partial charge in [-0.15, -0.1) is 0 Å². The molecule has 0 amide bonds. The fourth-order valence-electron chi connectivity index (χ4n) is 2.00. The molecular formula is C14H25N5. The fourth-order valence-corrected chi connectivity index (χ4v) is 2.00. The van der Waals surface area contributed by atoms with E-state index in [-0.39, 0.29) is 5.54 Å². The Hall–Kier alpha value is -1.20. The summed E-state index contributed by atoms with van der Waals surface area (Å²) in [5.41, 5.74) is 1.16. The molecule has 106 valence electrons. The lowest BCUT2D eigenvalue weighted by molar-refractivity contribution is 0.311. The largest absolute Gasteiger partial charge is 0.338 e. The lowest BCUT2D eigenvalue weighted by Gasteiger charge is -2.32. The minimum absolute atomic E-state index is 0.110. The summed E-state index contributed by atoms with van der Waals surface area (Å²) >= 11 is 0. The van der Waals surface area contributed by atoms with Crippen molar-refractivity contribution in [3.63, 3.8) is 0 Å². The Kier molecular flexibility index (Phi) is 4.37. The van der Waals surface area contributed by atoms with Gasteiger partial charge in [-0.1, -0.05) is 0 Å². The number of aromatic nitrogens is 2. The van der Waals surface area contributed by atoms with Crippen LogP contribution in [-0.2, 0) is 6.54 Å². The highest BCUT2D eigenvalue weighted by atomic mass is 15.3. The summed E-state index contributed by atoms with van der Waals surface area (Å²) in [6, 6.07) is 1.98. The van der Waals surface area contributed by atoms with Crippen molar-refractivity contribution in [1.82, 2.24) is 20.2 Å². The van der Waals surface area contributed by atoms with Crippen LogP contribution in [0.2, 0.25) is 0 Å². The SMILES string of the molecule is CN1CCN(c2nccc(CNC(C)(C)C)n2)CC1. The van der Waals surface area contributed by atoms with E-state index in [1.165, 1.54) is 0 Å². The molecule has 0 aromatic carbocycles. The Balaban J connectivity index is 1.99. The summed E-state index contributed by atoms with van der Waals surface area (Å²) in [5.74, 6) is 0.862. The normalized spacial score (nSPS) is 17.8. The quantitative estimate of drug-likeness (QED) is 0.885. The van der Waals surface area contributed by atoms with Gasteiger partial charge in [0.25, 0.3) is 0 Å². The van der Waals surface area contributed by atoms with Crippen molar-refractivity contribution >= 4 is 5.95 Å². The zero-order chi connectivity index (χ0) is 13.9. The van der Waals surface area contributed by atoms with Crippen molar-refractivity contribution in [3.05, 3.63) is 18.0 Å². The van der Waals surface area contributed by atoms with Gasteiger partial charge in [0.05, 0.1) is 5.69 Å². The second kappa shape index (κ2) is 5.84. The van der Waals surface area contributed by atoms with Crippen LogP contribution in [-0.4, -0.2) is 53.6 Å². The smallest absolute Gasteiger partial charge is 0.225 e. The van der Waals surface area contributed by atoms with E-state index < -0.39 is 0 Å². The molecule has 0 saturated carbocycles. The number of piperazine rings is 1. The molecule has 0 bridgehead atoms. The Morgan fingerprint density at radius 1 is 1.21 bits per heavy atom. The third-order valence-corrected chi connectivity index (χ3v) is 3.29. The molecular weight excluding hydrogens is 238 g/mol. The van der Waals surface area contributed by atoms with E-state index in [4.69, 9.17) is 0 Å². The lowest BCUT2D eigenvalue weighted by atomic mass is 10.1. The van der Waals surface area contributed by atoms with E-state index in [2.05, 4.69) is 52.9 Å². The van der Waals surface area contributed by atoms with Gasteiger partial charge in [0.15, 0.2) is 0 Å². The molecule has 0 spiro atoms. The highest BCUT2D eigenvalue weighted by Crippen LogP contribution is 2.11. The molecule has 0 atom stereocenters. The Bertz CT molecular complexity index is 405. The second-order valence-corrected chi connectivity index (χ2v) is 6.24. The molecule has 5 nitrogen and oxygen atoms in total. The number of rotatable bonds is 3. The van der Waals surface area contributed by atoms with Gasteiger partial charge in [-0.3, -0.25) is 0 Å². The van der Waals surface area contributed by atoms with Gasteiger partial charge in [0.1, 0.15) is 0 Å². The van der Waals surface area contributed by atoms with E-state index in [1.807, 2.05) is 12.3 Å². The van der Waals surface area contributed by atoms with Crippen LogP contribution in [0.5, 0.6) is 0 Å². The molecule has 1 aromatic heterocycles. The molecule has 1 N–H and O–H groups in total. The highest BCUT2D eigenvalue weighted by molar-refractivity contribution is 5.31. The van der Waals surface area contributed by atoms with Gasteiger partial charge in [-0.25, -0.2) is 9.97 Å². The van der Waals surface area contributed by atoms with Gasteiger partial charge in [-0.2, -0.15) is 0 Å². The first-order valence-electron chi connectivity index (χ1n) is 6.94. The lowest BCUT2D eigenvalue weighted by Crippen LogP contribution is -2.45. The Morgan fingerprint density at radius 3 is 2.53 bits per heavy atom. The maximum absolute atomic E-state index is 4.66. The molecule has 1 fully saturated rings. The highest BCUT2D eigenvalue weighted by Gasteiger charge is 2.17. The van der Waals surface area contributed by atoms with Crippen LogP contribution in [0.4, 0.5) is 5.95 Å². The van der Waals surface area contributed by atoms with Crippen LogP contribution in [0, 0.1) is 0 Å². The van der Waals surface area contributed by atoms with Crippen molar-refractivity contribution in [2.45, 2.75) is 32.9 Å². The zero-order valence-corrected chi connectivity index (χ0v) is 12.5. The predicted molar refractivity (Wildman–Crippen MR) is 78.3 cm³/mol. The predicted octanol–water partition coefficient (Wildman–Crippen LogP) is 1.12. The maximum Gasteiger partial charge on any atom is 0.225 e. The molecule has 1 aliphatic heterocycles. The van der Waals surface area contributed by atoms with Gasteiger partial charge in [-0.05, 0) is 33.9 Å². The van der Waals surface area contributed by atoms with Crippen LogP contribution < -0.4 is 10.2 Å². The van der Waals surface area contributed by atoms with Gasteiger partial charge in [0.2, 0.25) is 5.95 Å². The molecule has 5 heteroatoms.